The molecule has 10 heteroatoms. The fourth-order valence-electron chi connectivity index (χ4n) is 1.98. The second-order valence-electron chi connectivity index (χ2n) is 4.76. The Morgan fingerprint density at radius 1 is 1.18 bits per heavy atom. The molecule has 0 unspecified atom stereocenters. The molecule has 1 aromatic heterocycles. The van der Waals surface area contributed by atoms with Gasteiger partial charge in [-0.1, -0.05) is 0 Å². The van der Waals surface area contributed by atoms with Crippen LogP contribution in [-0.4, -0.2) is 48.2 Å². The first-order chi connectivity index (χ1) is 10.2. The Balaban J connectivity index is 2.22. The van der Waals surface area contributed by atoms with Gasteiger partial charge in [0.15, 0.2) is 0 Å². The molecule has 5 N–H and O–H groups in total. The number of pyridine rings is 1. The summed E-state index contributed by atoms with van der Waals surface area (Å²) in [5.41, 5.74) is 0.179. The number of aromatic nitrogens is 1. The Morgan fingerprint density at radius 2 is 1.91 bits per heavy atom. The minimum absolute atomic E-state index is 0.0334. The maximum Gasteiger partial charge on any atom is 0.492 e. The lowest BCUT2D eigenvalue weighted by molar-refractivity contribution is 0.226. The topological polar surface area (TPSA) is 140 Å². The zero-order valence-electron chi connectivity index (χ0n) is 11.5. The van der Waals surface area contributed by atoms with Gasteiger partial charge in [0.1, 0.15) is 11.3 Å². The number of phenols is 1. The van der Waals surface area contributed by atoms with Gasteiger partial charge in [0.2, 0.25) is 10.0 Å². The molecule has 0 saturated carbocycles. The zero-order valence-corrected chi connectivity index (χ0v) is 13.3. The number of nitrogens with zero attached hydrogens (tertiary/aromatic N) is 1. The first kappa shape index (κ1) is 16.8. The standard InChI is InChI=1S/C12H16N2O6SSi/c15-10-4-5-11(9-3-1-6-13-12(9)10)21(16,17)14-7-2-8-22(18,19)20/h1,3-6,14-15,18-20H,2,7-8H2. The molecule has 0 amide bonds. The van der Waals surface area contributed by atoms with E-state index in [1.165, 1.54) is 24.4 Å². The van der Waals surface area contributed by atoms with Crippen LogP contribution in [0.3, 0.4) is 0 Å². The zero-order chi connectivity index (χ0) is 16.4. The van der Waals surface area contributed by atoms with E-state index in [-0.39, 0.29) is 40.6 Å². The second kappa shape index (κ2) is 6.28. The molecule has 1 heterocycles. The van der Waals surface area contributed by atoms with Gasteiger partial charge in [0.05, 0.1) is 4.90 Å². The Morgan fingerprint density at radius 3 is 2.59 bits per heavy atom. The molecule has 0 fully saturated rings. The minimum Gasteiger partial charge on any atom is -0.506 e. The third-order valence-corrected chi connectivity index (χ3v) is 5.52. The number of hydrogen-bond donors (Lipinski definition) is 5. The van der Waals surface area contributed by atoms with E-state index in [4.69, 9.17) is 14.4 Å². The molecule has 0 atom stereocenters. The van der Waals surface area contributed by atoms with Crippen LogP contribution in [0.1, 0.15) is 6.42 Å². The number of sulfonamides is 1. The summed E-state index contributed by atoms with van der Waals surface area (Å²) in [6.45, 7) is -0.0542. The van der Waals surface area contributed by atoms with E-state index < -0.39 is 18.8 Å². The summed E-state index contributed by atoms with van der Waals surface area (Å²) in [4.78, 5) is 30.5. The average molecular weight is 344 g/mol. The maximum absolute atomic E-state index is 12.3. The van der Waals surface area contributed by atoms with E-state index in [9.17, 15) is 13.5 Å². The summed E-state index contributed by atoms with van der Waals surface area (Å²) in [6, 6.07) is 5.35. The lowest BCUT2D eigenvalue weighted by Crippen LogP contribution is -2.35. The molecule has 2 rings (SSSR count). The molecule has 8 nitrogen and oxygen atoms in total. The van der Waals surface area contributed by atoms with Crippen molar-refractivity contribution in [2.45, 2.75) is 17.4 Å². The van der Waals surface area contributed by atoms with Gasteiger partial charge in [-0.2, -0.15) is 0 Å². The number of hydrogen-bond acceptors (Lipinski definition) is 7. The number of nitrogens with one attached hydrogen (secondary N) is 1. The van der Waals surface area contributed by atoms with Crippen LogP contribution >= 0.6 is 0 Å². The van der Waals surface area contributed by atoms with Gasteiger partial charge in [-0.05, 0) is 30.7 Å². The van der Waals surface area contributed by atoms with E-state index in [1.54, 1.807) is 6.07 Å². The number of phenolic OH excluding ortho intramolecular Hbond substituents is 1. The van der Waals surface area contributed by atoms with Gasteiger partial charge >= 0.3 is 8.80 Å². The van der Waals surface area contributed by atoms with E-state index in [2.05, 4.69) is 9.71 Å². The Bertz CT molecular complexity index is 775. The molecule has 0 saturated heterocycles. The fraction of sp³-hybridized carbons (Fsp3) is 0.250. The van der Waals surface area contributed by atoms with Crippen LogP contribution in [-0.2, 0) is 10.0 Å². The van der Waals surface area contributed by atoms with Crippen molar-refractivity contribution >= 4 is 29.7 Å². The molecule has 0 radical (unpaired) electrons. The smallest absolute Gasteiger partial charge is 0.492 e. The summed E-state index contributed by atoms with van der Waals surface area (Å²) in [5, 5.41) is 9.99. The van der Waals surface area contributed by atoms with Gasteiger partial charge < -0.3 is 19.5 Å². The number of aromatic hydroxyl groups is 1. The van der Waals surface area contributed by atoms with Crippen molar-refractivity contribution in [1.82, 2.24) is 9.71 Å². The van der Waals surface area contributed by atoms with Crippen molar-refractivity contribution in [3.05, 3.63) is 30.5 Å². The van der Waals surface area contributed by atoms with Crippen molar-refractivity contribution in [3.8, 4) is 5.75 Å². The quantitative estimate of drug-likeness (QED) is 0.352. The lowest BCUT2D eigenvalue weighted by Gasteiger charge is -2.11. The summed E-state index contributed by atoms with van der Waals surface area (Å²) in [6.07, 6.45) is 1.53. The lowest BCUT2D eigenvalue weighted by atomic mass is 10.2. The predicted octanol–water partition coefficient (Wildman–Crippen LogP) is -0.475. The third-order valence-electron chi connectivity index (χ3n) is 2.98. The van der Waals surface area contributed by atoms with Crippen LogP contribution < -0.4 is 4.72 Å². The van der Waals surface area contributed by atoms with Crippen molar-refractivity contribution in [2.75, 3.05) is 6.54 Å². The number of benzene rings is 1. The van der Waals surface area contributed by atoms with Crippen molar-refractivity contribution in [3.63, 3.8) is 0 Å². The van der Waals surface area contributed by atoms with Crippen LogP contribution in [0, 0.1) is 0 Å². The van der Waals surface area contributed by atoms with E-state index >= 15 is 0 Å². The van der Waals surface area contributed by atoms with Gasteiger partial charge in [0, 0.05) is 24.2 Å². The number of rotatable bonds is 6. The third kappa shape index (κ3) is 4.00. The monoisotopic (exact) mass is 344 g/mol. The van der Waals surface area contributed by atoms with Crippen LogP contribution in [0.15, 0.2) is 35.4 Å². The van der Waals surface area contributed by atoms with Crippen LogP contribution in [0.5, 0.6) is 5.75 Å². The van der Waals surface area contributed by atoms with Crippen molar-refractivity contribution in [2.24, 2.45) is 0 Å². The minimum atomic E-state index is -4.16. The summed E-state index contributed by atoms with van der Waals surface area (Å²) < 4.78 is 26.9. The summed E-state index contributed by atoms with van der Waals surface area (Å²) >= 11 is 0. The molecular weight excluding hydrogens is 328 g/mol. The molecule has 120 valence electrons. The van der Waals surface area contributed by atoms with E-state index in [1.807, 2.05) is 0 Å². The normalized spacial score (nSPS) is 12.7. The van der Waals surface area contributed by atoms with Crippen molar-refractivity contribution < 1.29 is 27.9 Å². The highest BCUT2D eigenvalue weighted by molar-refractivity contribution is 7.89. The van der Waals surface area contributed by atoms with Crippen LogP contribution in [0.4, 0.5) is 0 Å². The van der Waals surface area contributed by atoms with E-state index in [0.717, 1.165) is 0 Å². The summed E-state index contributed by atoms with van der Waals surface area (Å²) in [5.74, 6) is -0.119. The fourth-order valence-corrected chi connectivity index (χ4v) is 3.90. The average Bonchev–Trinajstić information content (AvgIpc) is 2.43. The Hall–Kier alpha value is -1.56. The molecule has 0 aliphatic rings. The summed E-state index contributed by atoms with van der Waals surface area (Å²) in [7, 11) is -8.01. The molecule has 0 aliphatic carbocycles. The van der Waals surface area contributed by atoms with Crippen LogP contribution in [0.25, 0.3) is 10.9 Å². The highest BCUT2D eigenvalue weighted by atomic mass is 32.2. The molecule has 2 aromatic rings. The highest BCUT2D eigenvalue weighted by Crippen LogP contribution is 2.28. The van der Waals surface area contributed by atoms with Gasteiger partial charge in [0.25, 0.3) is 0 Å². The number of fused-ring (bicyclic) bond motifs is 1. The first-order valence-electron chi connectivity index (χ1n) is 6.44. The van der Waals surface area contributed by atoms with E-state index in [0.29, 0.717) is 0 Å². The molecule has 22 heavy (non-hydrogen) atoms. The molecule has 1 aromatic carbocycles. The molecule has 0 spiro atoms. The van der Waals surface area contributed by atoms with Gasteiger partial charge in [-0.25, -0.2) is 13.1 Å². The van der Waals surface area contributed by atoms with Crippen LogP contribution in [0.2, 0.25) is 6.04 Å². The first-order valence-corrected chi connectivity index (χ1v) is 9.97. The molecular formula is C12H16N2O6SSi. The Kier molecular flexibility index (Phi) is 4.80. The van der Waals surface area contributed by atoms with Gasteiger partial charge in [-0.15, -0.1) is 0 Å². The Labute approximate surface area is 128 Å². The molecule has 0 aliphatic heterocycles. The SMILES string of the molecule is O=S(=O)(NCCC[Si](O)(O)O)c1ccc(O)c2ncccc12. The highest BCUT2D eigenvalue weighted by Gasteiger charge is 2.26. The van der Waals surface area contributed by atoms with Crippen molar-refractivity contribution in [1.29, 1.82) is 0 Å². The molecule has 0 bridgehead atoms. The largest absolute Gasteiger partial charge is 0.506 e. The second-order valence-corrected chi connectivity index (χ2v) is 8.54. The van der Waals surface area contributed by atoms with Gasteiger partial charge in [-0.3, -0.25) is 4.98 Å². The maximum atomic E-state index is 12.3. The predicted molar refractivity (Wildman–Crippen MR) is 80.4 cm³/mol.